The van der Waals surface area contributed by atoms with Gasteiger partial charge in [-0.25, -0.2) is 13.8 Å². The number of aromatic nitrogens is 2. The van der Waals surface area contributed by atoms with Gasteiger partial charge < -0.3 is 10.1 Å². The maximum Gasteiger partial charge on any atom is 0.271 e. The predicted octanol–water partition coefficient (Wildman–Crippen LogP) is 3.63. The van der Waals surface area contributed by atoms with Crippen LogP contribution in [0.1, 0.15) is 16.7 Å². The van der Waals surface area contributed by atoms with Crippen molar-refractivity contribution >= 4 is 15.9 Å². The highest BCUT2D eigenvalue weighted by atomic mass is 79.9. The minimum atomic E-state index is -0.717. The first-order chi connectivity index (χ1) is 13.5. The summed E-state index contributed by atoms with van der Waals surface area (Å²) in [6, 6.07) is 11.1. The van der Waals surface area contributed by atoms with Gasteiger partial charge in [-0.05, 0) is 46.2 Å². The Hall–Kier alpha value is -2.58. The van der Waals surface area contributed by atoms with Crippen molar-refractivity contribution in [3.63, 3.8) is 0 Å². The number of hydrogen-bond donors (Lipinski definition) is 1. The Morgan fingerprint density at radius 1 is 1.18 bits per heavy atom. The molecule has 0 saturated heterocycles. The number of ether oxygens (including phenoxy) is 1. The molecule has 1 N–H and O–H groups in total. The van der Waals surface area contributed by atoms with E-state index < -0.39 is 11.6 Å². The molecule has 2 aromatic carbocycles. The molecular formula is C20H18BrF2N3O2. The number of nitrogens with zero attached hydrogens (tertiary/aromatic N) is 2. The molecule has 0 aliphatic rings. The summed E-state index contributed by atoms with van der Waals surface area (Å²) in [5, 5.41) is 3.09. The van der Waals surface area contributed by atoms with Gasteiger partial charge in [0.25, 0.3) is 5.56 Å². The van der Waals surface area contributed by atoms with Crippen LogP contribution in [-0.4, -0.2) is 16.6 Å². The van der Waals surface area contributed by atoms with Crippen LogP contribution in [0.5, 0.6) is 5.88 Å². The summed E-state index contributed by atoms with van der Waals surface area (Å²) in [5.41, 5.74) is 1.93. The normalized spacial score (nSPS) is 10.9. The topological polar surface area (TPSA) is 56.1 Å². The second-order valence-corrected chi connectivity index (χ2v) is 6.96. The summed E-state index contributed by atoms with van der Waals surface area (Å²) in [4.78, 5) is 16.7. The molecule has 1 aromatic heterocycles. The van der Waals surface area contributed by atoms with E-state index in [-0.39, 0.29) is 28.1 Å². The van der Waals surface area contributed by atoms with Crippen molar-refractivity contribution in [2.24, 2.45) is 0 Å². The molecule has 1 heterocycles. The molecule has 0 bridgehead atoms. The van der Waals surface area contributed by atoms with Crippen molar-refractivity contribution in [1.82, 2.24) is 14.9 Å². The van der Waals surface area contributed by atoms with E-state index in [4.69, 9.17) is 4.74 Å². The summed E-state index contributed by atoms with van der Waals surface area (Å²) in [5.74, 6) is -1.33. The molecule has 3 aromatic rings. The first-order valence-corrected chi connectivity index (χ1v) is 9.31. The average molecular weight is 450 g/mol. The maximum atomic E-state index is 13.7. The molecule has 0 spiro atoms. The molecule has 0 unspecified atom stereocenters. The third-order valence-corrected chi connectivity index (χ3v) is 4.73. The van der Waals surface area contributed by atoms with Crippen molar-refractivity contribution in [3.05, 3.63) is 91.9 Å². The second kappa shape index (κ2) is 9.07. The minimum Gasteiger partial charge on any atom is -0.472 e. The van der Waals surface area contributed by atoms with Crippen LogP contribution in [0.2, 0.25) is 0 Å². The van der Waals surface area contributed by atoms with Gasteiger partial charge in [-0.2, -0.15) is 0 Å². The fraction of sp³-hybridized carbons (Fsp3) is 0.200. The van der Waals surface area contributed by atoms with Crippen LogP contribution in [0.25, 0.3) is 0 Å². The van der Waals surface area contributed by atoms with E-state index in [1.807, 2.05) is 31.3 Å². The van der Waals surface area contributed by atoms with Gasteiger partial charge in [0, 0.05) is 18.2 Å². The smallest absolute Gasteiger partial charge is 0.271 e. The van der Waals surface area contributed by atoms with Crippen molar-refractivity contribution < 1.29 is 13.5 Å². The summed E-state index contributed by atoms with van der Waals surface area (Å²) in [6.45, 7) is 0.916. The summed E-state index contributed by atoms with van der Waals surface area (Å²) >= 11 is 3.20. The van der Waals surface area contributed by atoms with Gasteiger partial charge in [0.1, 0.15) is 29.0 Å². The zero-order valence-electron chi connectivity index (χ0n) is 15.1. The molecule has 3 rings (SSSR count). The highest BCUT2D eigenvalue weighted by Gasteiger charge is 2.12. The molecule has 5 nitrogen and oxygen atoms in total. The predicted molar refractivity (Wildman–Crippen MR) is 105 cm³/mol. The standard InChI is InChI=1S/C20H18BrF2N3O2/c1-24-9-13-3-2-4-14(7-13)10-26-12-25-19(18(21)20(26)27)28-11-15-5-6-16(22)8-17(15)23/h2-8,12,24H,9-11H2,1H3. The van der Waals surface area contributed by atoms with Crippen molar-refractivity contribution in [1.29, 1.82) is 0 Å². The van der Waals surface area contributed by atoms with Crippen molar-refractivity contribution in [2.45, 2.75) is 19.7 Å². The van der Waals surface area contributed by atoms with E-state index in [0.717, 1.165) is 29.8 Å². The Labute approximate surface area is 169 Å². The van der Waals surface area contributed by atoms with Gasteiger partial charge >= 0.3 is 0 Å². The molecule has 0 saturated carbocycles. The largest absolute Gasteiger partial charge is 0.472 e. The molecule has 0 aliphatic carbocycles. The van der Waals surface area contributed by atoms with Gasteiger partial charge in [-0.1, -0.05) is 24.3 Å². The average Bonchev–Trinajstić information content (AvgIpc) is 2.67. The molecule has 8 heteroatoms. The third kappa shape index (κ3) is 4.82. The molecule has 0 atom stereocenters. The third-order valence-electron chi connectivity index (χ3n) is 4.06. The lowest BCUT2D eigenvalue weighted by Crippen LogP contribution is -2.22. The van der Waals surface area contributed by atoms with Crippen LogP contribution < -0.4 is 15.6 Å². The molecule has 0 aliphatic heterocycles. The monoisotopic (exact) mass is 449 g/mol. The van der Waals surface area contributed by atoms with E-state index in [2.05, 4.69) is 26.2 Å². The zero-order valence-corrected chi connectivity index (χ0v) is 16.7. The number of hydrogen-bond acceptors (Lipinski definition) is 4. The van der Waals surface area contributed by atoms with E-state index in [0.29, 0.717) is 6.54 Å². The Kier molecular flexibility index (Phi) is 6.53. The summed E-state index contributed by atoms with van der Waals surface area (Å²) in [6.07, 6.45) is 1.38. The number of benzene rings is 2. The van der Waals surface area contributed by atoms with E-state index >= 15 is 0 Å². The first-order valence-electron chi connectivity index (χ1n) is 8.52. The number of halogens is 3. The lowest BCUT2D eigenvalue weighted by atomic mass is 10.1. The van der Waals surface area contributed by atoms with Crippen LogP contribution >= 0.6 is 15.9 Å². The maximum absolute atomic E-state index is 13.7. The van der Waals surface area contributed by atoms with Gasteiger partial charge in [0.2, 0.25) is 5.88 Å². The van der Waals surface area contributed by atoms with Gasteiger partial charge in [0.15, 0.2) is 0 Å². The molecule has 0 fully saturated rings. The highest BCUT2D eigenvalue weighted by molar-refractivity contribution is 9.10. The Morgan fingerprint density at radius 2 is 1.96 bits per heavy atom. The fourth-order valence-corrected chi connectivity index (χ4v) is 3.13. The van der Waals surface area contributed by atoms with E-state index in [9.17, 15) is 13.6 Å². The summed E-state index contributed by atoms with van der Waals surface area (Å²) in [7, 11) is 1.87. The Morgan fingerprint density at radius 3 is 2.71 bits per heavy atom. The molecule has 146 valence electrons. The van der Waals surface area contributed by atoms with Gasteiger partial charge in [-0.3, -0.25) is 9.36 Å². The molecular weight excluding hydrogens is 432 g/mol. The van der Waals surface area contributed by atoms with Gasteiger partial charge in [0.05, 0.1) is 6.54 Å². The molecule has 0 radical (unpaired) electrons. The van der Waals surface area contributed by atoms with E-state index in [1.165, 1.54) is 17.0 Å². The zero-order chi connectivity index (χ0) is 20.1. The van der Waals surface area contributed by atoms with Crippen LogP contribution in [-0.2, 0) is 19.7 Å². The van der Waals surface area contributed by atoms with Crippen LogP contribution in [0.3, 0.4) is 0 Å². The highest BCUT2D eigenvalue weighted by Crippen LogP contribution is 2.20. The number of rotatable bonds is 7. The minimum absolute atomic E-state index is 0.0499. The molecule has 28 heavy (non-hydrogen) atoms. The van der Waals surface area contributed by atoms with Crippen LogP contribution in [0.15, 0.2) is 58.1 Å². The van der Waals surface area contributed by atoms with Crippen LogP contribution in [0, 0.1) is 11.6 Å². The van der Waals surface area contributed by atoms with Crippen molar-refractivity contribution in [2.75, 3.05) is 7.05 Å². The SMILES string of the molecule is CNCc1cccc(Cn2cnc(OCc3ccc(F)cc3F)c(Br)c2=O)c1. The lowest BCUT2D eigenvalue weighted by Gasteiger charge is -2.11. The van der Waals surface area contributed by atoms with Crippen LogP contribution in [0.4, 0.5) is 8.78 Å². The lowest BCUT2D eigenvalue weighted by molar-refractivity contribution is 0.283. The molecule has 0 amide bonds. The number of nitrogens with one attached hydrogen (secondary N) is 1. The Balaban J connectivity index is 1.75. The Bertz CT molecular complexity index is 1040. The first kappa shape index (κ1) is 20.2. The fourth-order valence-electron chi connectivity index (χ4n) is 2.69. The van der Waals surface area contributed by atoms with E-state index in [1.54, 1.807) is 0 Å². The van der Waals surface area contributed by atoms with Gasteiger partial charge in [-0.15, -0.1) is 0 Å². The second-order valence-electron chi connectivity index (χ2n) is 6.17. The summed E-state index contributed by atoms with van der Waals surface area (Å²) < 4.78 is 33.7. The quantitative estimate of drug-likeness (QED) is 0.598. The van der Waals surface area contributed by atoms with Crippen molar-refractivity contribution in [3.8, 4) is 5.88 Å².